The van der Waals surface area contributed by atoms with Crippen LogP contribution in [-0.2, 0) is 0 Å². The summed E-state index contributed by atoms with van der Waals surface area (Å²) in [6, 6.07) is 9.79. The van der Waals surface area contributed by atoms with Crippen LogP contribution >= 0.6 is 0 Å². The number of rotatable bonds is 4. The van der Waals surface area contributed by atoms with E-state index in [-0.39, 0.29) is 5.56 Å². The van der Waals surface area contributed by atoms with E-state index >= 15 is 0 Å². The molecule has 1 aromatic carbocycles. The van der Waals surface area contributed by atoms with Gasteiger partial charge in [-0.05, 0) is 42.4 Å². The lowest BCUT2D eigenvalue weighted by molar-refractivity contribution is 0.293. The maximum atomic E-state index is 11.1. The van der Waals surface area contributed by atoms with Crippen molar-refractivity contribution in [1.82, 2.24) is 10.2 Å². The Kier molecular flexibility index (Phi) is 4.13. The van der Waals surface area contributed by atoms with Crippen molar-refractivity contribution in [2.45, 2.75) is 32.6 Å². The number of aromatic amines is 2. The van der Waals surface area contributed by atoms with E-state index in [0.29, 0.717) is 0 Å². The first-order chi connectivity index (χ1) is 10.2. The molecular weight excluding hydrogens is 262 g/mol. The fraction of sp³-hybridized carbons (Fsp3) is 0.471. The molecule has 4 heteroatoms. The summed E-state index contributed by atoms with van der Waals surface area (Å²) in [6.07, 6.45) is 5.45. The molecule has 21 heavy (non-hydrogen) atoms. The second-order valence-corrected chi connectivity index (χ2v) is 6.27. The standard InChI is InChI=1S/C17H23N3O/c1-12-3-2-4-13(9-12)11-18-15-7-5-14(6-8-15)16-10-17(21)20-19-16/h5-8,10,12-13,18H,2-4,9,11H2,1H3,(H2,19,20,21). The minimum atomic E-state index is -0.0985. The topological polar surface area (TPSA) is 60.7 Å². The van der Waals surface area contributed by atoms with Gasteiger partial charge in [0.05, 0.1) is 5.69 Å². The highest BCUT2D eigenvalue weighted by atomic mass is 16.1. The van der Waals surface area contributed by atoms with Crippen molar-refractivity contribution >= 4 is 5.69 Å². The van der Waals surface area contributed by atoms with E-state index in [9.17, 15) is 4.79 Å². The average Bonchev–Trinajstić information content (AvgIpc) is 2.92. The first kappa shape index (κ1) is 14.0. The summed E-state index contributed by atoms with van der Waals surface area (Å²) in [6.45, 7) is 3.42. The normalized spacial score (nSPS) is 22.1. The van der Waals surface area contributed by atoms with Gasteiger partial charge in [-0.15, -0.1) is 0 Å². The van der Waals surface area contributed by atoms with E-state index in [0.717, 1.165) is 35.3 Å². The molecule has 1 saturated carbocycles. The smallest absolute Gasteiger partial charge is 0.264 e. The lowest BCUT2D eigenvalue weighted by Crippen LogP contribution is -2.20. The lowest BCUT2D eigenvalue weighted by Gasteiger charge is -2.27. The van der Waals surface area contributed by atoms with Crippen LogP contribution < -0.4 is 10.9 Å². The van der Waals surface area contributed by atoms with Gasteiger partial charge in [-0.3, -0.25) is 15.0 Å². The first-order valence-electron chi connectivity index (χ1n) is 7.82. The van der Waals surface area contributed by atoms with Crippen LogP contribution in [0.2, 0.25) is 0 Å². The Bertz CT molecular complexity index is 626. The quantitative estimate of drug-likeness (QED) is 0.803. The molecule has 1 aliphatic carbocycles. The van der Waals surface area contributed by atoms with E-state index in [4.69, 9.17) is 0 Å². The maximum Gasteiger partial charge on any atom is 0.264 e. The molecule has 1 heterocycles. The van der Waals surface area contributed by atoms with Gasteiger partial charge in [0.15, 0.2) is 0 Å². The van der Waals surface area contributed by atoms with E-state index < -0.39 is 0 Å². The molecule has 1 aliphatic rings. The summed E-state index contributed by atoms with van der Waals surface area (Å²) in [5.74, 6) is 1.67. The largest absolute Gasteiger partial charge is 0.385 e. The molecule has 4 nitrogen and oxygen atoms in total. The number of anilines is 1. The zero-order chi connectivity index (χ0) is 14.7. The van der Waals surface area contributed by atoms with Crippen molar-refractivity contribution in [2.24, 2.45) is 11.8 Å². The van der Waals surface area contributed by atoms with E-state index in [1.165, 1.54) is 25.7 Å². The van der Waals surface area contributed by atoms with Gasteiger partial charge in [0.2, 0.25) is 0 Å². The number of aromatic nitrogens is 2. The van der Waals surface area contributed by atoms with Gasteiger partial charge < -0.3 is 5.32 Å². The van der Waals surface area contributed by atoms with Crippen molar-refractivity contribution in [2.75, 3.05) is 11.9 Å². The van der Waals surface area contributed by atoms with Crippen molar-refractivity contribution in [3.8, 4) is 11.3 Å². The minimum Gasteiger partial charge on any atom is -0.385 e. The third kappa shape index (κ3) is 3.57. The molecule has 0 bridgehead atoms. The van der Waals surface area contributed by atoms with Gasteiger partial charge in [0, 0.05) is 18.3 Å². The fourth-order valence-electron chi connectivity index (χ4n) is 3.26. The molecule has 2 atom stereocenters. The zero-order valence-corrected chi connectivity index (χ0v) is 12.5. The van der Waals surface area contributed by atoms with Gasteiger partial charge in [-0.2, -0.15) is 0 Å². The van der Waals surface area contributed by atoms with Crippen LogP contribution in [-0.4, -0.2) is 16.7 Å². The highest BCUT2D eigenvalue weighted by Gasteiger charge is 2.18. The van der Waals surface area contributed by atoms with E-state index in [1.807, 2.05) is 12.1 Å². The van der Waals surface area contributed by atoms with Crippen LogP contribution in [0.4, 0.5) is 5.69 Å². The first-order valence-corrected chi connectivity index (χ1v) is 7.82. The molecule has 112 valence electrons. The molecule has 2 unspecified atom stereocenters. The summed E-state index contributed by atoms with van der Waals surface area (Å²) >= 11 is 0. The second-order valence-electron chi connectivity index (χ2n) is 6.27. The molecule has 1 fully saturated rings. The van der Waals surface area contributed by atoms with Crippen LogP contribution in [0.3, 0.4) is 0 Å². The Morgan fingerprint density at radius 1 is 1.19 bits per heavy atom. The predicted molar refractivity (Wildman–Crippen MR) is 86.5 cm³/mol. The van der Waals surface area contributed by atoms with E-state index in [1.54, 1.807) is 6.07 Å². The van der Waals surface area contributed by atoms with Crippen LogP contribution in [0.5, 0.6) is 0 Å². The van der Waals surface area contributed by atoms with Gasteiger partial charge in [-0.1, -0.05) is 31.9 Å². The predicted octanol–water partition coefficient (Wildman–Crippen LogP) is 3.61. The monoisotopic (exact) mass is 285 g/mol. The summed E-state index contributed by atoms with van der Waals surface area (Å²) in [4.78, 5) is 11.1. The number of benzene rings is 1. The molecule has 1 aromatic heterocycles. The maximum absolute atomic E-state index is 11.1. The Balaban J connectivity index is 1.58. The number of H-pyrrole nitrogens is 2. The zero-order valence-electron chi connectivity index (χ0n) is 12.5. The number of hydrogen-bond acceptors (Lipinski definition) is 2. The Morgan fingerprint density at radius 2 is 2.00 bits per heavy atom. The number of nitrogens with one attached hydrogen (secondary N) is 3. The molecule has 3 N–H and O–H groups in total. The fourth-order valence-corrected chi connectivity index (χ4v) is 3.26. The minimum absolute atomic E-state index is 0.0985. The molecule has 0 aliphatic heterocycles. The highest BCUT2D eigenvalue weighted by molar-refractivity contribution is 5.62. The molecular formula is C17H23N3O. The molecule has 0 spiro atoms. The summed E-state index contributed by atoms with van der Waals surface area (Å²) < 4.78 is 0. The molecule has 3 rings (SSSR count). The van der Waals surface area contributed by atoms with Crippen molar-refractivity contribution in [1.29, 1.82) is 0 Å². The summed E-state index contributed by atoms with van der Waals surface area (Å²) in [7, 11) is 0. The molecule has 0 radical (unpaired) electrons. The Hall–Kier alpha value is -1.97. The van der Waals surface area contributed by atoms with Gasteiger partial charge in [0.25, 0.3) is 5.56 Å². The molecule has 0 saturated heterocycles. The van der Waals surface area contributed by atoms with Crippen LogP contribution in [0.15, 0.2) is 35.1 Å². The SMILES string of the molecule is CC1CCCC(CNc2ccc(-c3cc(=O)[nH][nH]3)cc2)C1. The molecule has 0 amide bonds. The van der Waals surface area contributed by atoms with Gasteiger partial charge >= 0.3 is 0 Å². The Labute approximate surface area is 125 Å². The summed E-state index contributed by atoms with van der Waals surface area (Å²) in [5, 5.41) is 8.97. The third-order valence-corrected chi connectivity index (χ3v) is 4.43. The lowest BCUT2D eigenvalue weighted by atomic mass is 9.82. The van der Waals surface area contributed by atoms with E-state index in [2.05, 4.69) is 34.6 Å². The van der Waals surface area contributed by atoms with Crippen molar-refractivity contribution in [3.05, 3.63) is 40.7 Å². The van der Waals surface area contributed by atoms with Crippen LogP contribution in [0.1, 0.15) is 32.6 Å². The van der Waals surface area contributed by atoms with Crippen molar-refractivity contribution < 1.29 is 0 Å². The van der Waals surface area contributed by atoms with Crippen LogP contribution in [0.25, 0.3) is 11.3 Å². The second kappa shape index (κ2) is 6.20. The third-order valence-electron chi connectivity index (χ3n) is 4.43. The van der Waals surface area contributed by atoms with Crippen molar-refractivity contribution in [3.63, 3.8) is 0 Å². The van der Waals surface area contributed by atoms with Gasteiger partial charge in [0.1, 0.15) is 0 Å². The number of hydrogen-bond donors (Lipinski definition) is 3. The highest BCUT2D eigenvalue weighted by Crippen LogP contribution is 2.28. The molecule has 2 aromatic rings. The van der Waals surface area contributed by atoms with Gasteiger partial charge in [-0.25, -0.2) is 0 Å². The average molecular weight is 285 g/mol. The Morgan fingerprint density at radius 3 is 2.67 bits per heavy atom. The van der Waals surface area contributed by atoms with Crippen LogP contribution in [0, 0.1) is 11.8 Å². The summed E-state index contributed by atoms with van der Waals surface area (Å²) in [5.41, 5.74) is 2.89.